The van der Waals surface area contributed by atoms with E-state index < -0.39 is 6.10 Å². The van der Waals surface area contributed by atoms with Gasteiger partial charge in [-0.15, -0.1) is 0 Å². The first-order chi connectivity index (χ1) is 8.67. The van der Waals surface area contributed by atoms with E-state index in [-0.39, 0.29) is 19.1 Å². The number of hydrogen-bond donors (Lipinski definition) is 3. The number of hydrogen-bond acceptors (Lipinski definition) is 4. The summed E-state index contributed by atoms with van der Waals surface area (Å²) in [4.78, 5) is 11.7. The Bertz CT molecular complexity index is 381. The number of nitrogens with one attached hydrogen (secondary N) is 1. The number of ether oxygens (including phenoxy) is 1. The Morgan fingerprint density at radius 2 is 2.28 bits per heavy atom. The molecule has 1 aromatic carbocycles. The largest absolute Gasteiger partial charge is 0.494 e. The lowest BCUT2D eigenvalue weighted by Gasteiger charge is -2.10. The Morgan fingerprint density at radius 3 is 2.94 bits per heavy atom. The molecule has 1 amide bonds. The van der Waals surface area contributed by atoms with Crippen LogP contribution in [0, 0.1) is 0 Å². The average molecular weight is 253 g/mol. The quantitative estimate of drug-likeness (QED) is 0.663. The average Bonchev–Trinajstić information content (AvgIpc) is 2.42. The van der Waals surface area contributed by atoms with Crippen LogP contribution in [-0.2, 0) is 0 Å². The van der Waals surface area contributed by atoms with E-state index in [1.165, 1.54) is 0 Å². The van der Waals surface area contributed by atoms with Crippen LogP contribution in [0.3, 0.4) is 0 Å². The predicted molar refractivity (Wildman–Crippen MR) is 67.7 cm³/mol. The highest BCUT2D eigenvalue weighted by Crippen LogP contribution is 2.13. The molecule has 0 saturated heterocycles. The molecule has 18 heavy (non-hydrogen) atoms. The van der Waals surface area contributed by atoms with Gasteiger partial charge < -0.3 is 20.3 Å². The molecule has 3 N–H and O–H groups in total. The molecular formula is C13H19NO4. The molecule has 1 atom stereocenters. The van der Waals surface area contributed by atoms with Crippen molar-refractivity contribution in [1.29, 1.82) is 0 Å². The number of aliphatic hydroxyl groups is 2. The summed E-state index contributed by atoms with van der Waals surface area (Å²) in [6, 6.07) is 6.84. The van der Waals surface area contributed by atoms with Crippen LogP contribution in [0.5, 0.6) is 5.75 Å². The zero-order chi connectivity index (χ0) is 13.4. The molecule has 5 nitrogen and oxygen atoms in total. The van der Waals surface area contributed by atoms with Gasteiger partial charge >= 0.3 is 0 Å². The predicted octanol–water partition coefficient (Wildman–Crippen LogP) is 0.558. The summed E-state index contributed by atoms with van der Waals surface area (Å²) in [5, 5.41) is 20.3. The smallest absolute Gasteiger partial charge is 0.251 e. The third kappa shape index (κ3) is 4.73. The van der Waals surface area contributed by atoms with E-state index in [1.807, 2.05) is 6.92 Å². The third-order valence-electron chi connectivity index (χ3n) is 2.28. The van der Waals surface area contributed by atoms with Gasteiger partial charge in [0.05, 0.1) is 19.3 Å². The molecule has 1 aromatic rings. The van der Waals surface area contributed by atoms with Crippen molar-refractivity contribution in [2.45, 2.75) is 19.4 Å². The molecule has 0 heterocycles. The minimum atomic E-state index is -0.937. The molecule has 0 aromatic heterocycles. The normalized spacial score (nSPS) is 11.9. The van der Waals surface area contributed by atoms with Crippen LogP contribution in [0.2, 0.25) is 0 Å². The highest BCUT2D eigenvalue weighted by atomic mass is 16.5. The lowest BCUT2D eigenvalue weighted by Crippen LogP contribution is -2.33. The van der Waals surface area contributed by atoms with Crippen LogP contribution >= 0.6 is 0 Å². The van der Waals surface area contributed by atoms with E-state index in [0.717, 1.165) is 6.42 Å². The molecule has 1 rings (SSSR count). The summed E-state index contributed by atoms with van der Waals surface area (Å²) < 4.78 is 5.42. The van der Waals surface area contributed by atoms with Crippen LogP contribution in [0.15, 0.2) is 24.3 Å². The fourth-order valence-corrected chi connectivity index (χ4v) is 1.32. The van der Waals surface area contributed by atoms with Crippen molar-refractivity contribution < 1.29 is 19.7 Å². The van der Waals surface area contributed by atoms with E-state index in [4.69, 9.17) is 14.9 Å². The van der Waals surface area contributed by atoms with Gasteiger partial charge in [0.1, 0.15) is 5.75 Å². The van der Waals surface area contributed by atoms with E-state index in [0.29, 0.717) is 17.9 Å². The van der Waals surface area contributed by atoms with Gasteiger partial charge in [0.2, 0.25) is 0 Å². The molecule has 0 aliphatic rings. The first-order valence-electron chi connectivity index (χ1n) is 5.97. The van der Waals surface area contributed by atoms with Gasteiger partial charge in [0, 0.05) is 12.1 Å². The molecule has 0 fully saturated rings. The van der Waals surface area contributed by atoms with E-state index in [1.54, 1.807) is 24.3 Å². The van der Waals surface area contributed by atoms with Crippen molar-refractivity contribution in [2.75, 3.05) is 19.8 Å². The van der Waals surface area contributed by atoms with Crippen LogP contribution in [0.25, 0.3) is 0 Å². The second-order valence-electron chi connectivity index (χ2n) is 3.92. The SMILES string of the molecule is CCCOc1cccc(C(=O)NCC(O)CO)c1. The Balaban J connectivity index is 2.56. The van der Waals surface area contributed by atoms with Gasteiger partial charge in [-0.3, -0.25) is 4.79 Å². The monoisotopic (exact) mass is 253 g/mol. The number of benzene rings is 1. The van der Waals surface area contributed by atoms with E-state index in [9.17, 15) is 4.79 Å². The van der Waals surface area contributed by atoms with Crippen LogP contribution < -0.4 is 10.1 Å². The van der Waals surface area contributed by atoms with Gasteiger partial charge in [-0.25, -0.2) is 0 Å². The van der Waals surface area contributed by atoms with Gasteiger partial charge in [-0.2, -0.15) is 0 Å². The molecule has 0 spiro atoms. The number of rotatable bonds is 7. The second-order valence-corrected chi connectivity index (χ2v) is 3.92. The summed E-state index contributed by atoms with van der Waals surface area (Å²) in [5.41, 5.74) is 0.466. The van der Waals surface area contributed by atoms with E-state index >= 15 is 0 Å². The lowest BCUT2D eigenvalue weighted by atomic mass is 10.2. The minimum Gasteiger partial charge on any atom is -0.494 e. The molecule has 0 bridgehead atoms. The summed E-state index contributed by atoms with van der Waals surface area (Å²) in [7, 11) is 0. The second kappa shape index (κ2) is 7.68. The Labute approximate surface area is 106 Å². The minimum absolute atomic E-state index is 0.0232. The number of carbonyl (C=O) groups is 1. The number of carbonyl (C=O) groups excluding carboxylic acids is 1. The van der Waals surface area contributed by atoms with Gasteiger partial charge in [-0.1, -0.05) is 13.0 Å². The Kier molecular flexibility index (Phi) is 6.18. The molecule has 100 valence electrons. The molecule has 0 radical (unpaired) electrons. The highest BCUT2D eigenvalue weighted by Gasteiger charge is 2.08. The topological polar surface area (TPSA) is 78.8 Å². The van der Waals surface area contributed by atoms with E-state index in [2.05, 4.69) is 5.32 Å². The first-order valence-corrected chi connectivity index (χ1v) is 5.97. The van der Waals surface area contributed by atoms with Crippen molar-refractivity contribution in [3.05, 3.63) is 29.8 Å². The van der Waals surface area contributed by atoms with Gasteiger partial charge in [-0.05, 0) is 24.6 Å². The summed E-state index contributed by atoms with van der Waals surface area (Å²) >= 11 is 0. The Hall–Kier alpha value is -1.59. The molecular weight excluding hydrogens is 234 g/mol. The van der Waals surface area contributed by atoms with Crippen molar-refractivity contribution >= 4 is 5.91 Å². The maximum Gasteiger partial charge on any atom is 0.251 e. The van der Waals surface area contributed by atoms with Crippen molar-refractivity contribution in [3.63, 3.8) is 0 Å². The zero-order valence-electron chi connectivity index (χ0n) is 10.4. The maximum atomic E-state index is 11.7. The van der Waals surface area contributed by atoms with Gasteiger partial charge in [0.15, 0.2) is 0 Å². The summed E-state index contributed by atoms with van der Waals surface area (Å²) in [6.07, 6.45) is -0.0347. The highest BCUT2D eigenvalue weighted by molar-refractivity contribution is 5.94. The fraction of sp³-hybridized carbons (Fsp3) is 0.462. The standard InChI is InChI=1S/C13H19NO4/c1-2-6-18-12-5-3-4-10(7-12)13(17)14-8-11(16)9-15/h3-5,7,11,15-16H,2,6,8-9H2,1H3,(H,14,17). The first kappa shape index (κ1) is 14.5. The molecule has 0 aliphatic heterocycles. The van der Waals surface area contributed by atoms with Gasteiger partial charge in [0.25, 0.3) is 5.91 Å². The summed E-state index contributed by atoms with van der Waals surface area (Å²) in [5.74, 6) is 0.344. The molecule has 0 aliphatic carbocycles. The van der Waals surface area contributed by atoms with Crippen LogP contribution in [0.4, 0.5) is 0 Å². The Morgan fingerprint density at radius 1 is 1.50 bits per heavy atom. The molecule has 5 heteroatoms. The molecule has 0 saturated carbocycles. The lowest BCUT2D eigenvalue weighted by molar-refractivity contribution is 0.0801. The number of aliphatic hydroxyl groups excluding tert-OH is 2. The van der Waals surface area contributed by atoms with Crippen molar-refractivity contribution in [1.82, 2.24) is 5.32 Å². The van der Waals surface area contributed by atoms with Crippen molar-refractivity contribution in [3.8, 4) is 5.75 Å². The summed E-state index contributed by atoms with van der Waals surface area (Å²) in [6.45, 7) is 2.26. The third-order valence-corrected chi connectivity index (χ3v) is 2.28. The molecule has 1 unspecified atom stereocenters. The zero-order valence-corrected chi connectivity index (χ0v) is 10.4. The van der Waals surface area contributed by atoms with Crippen LogP contribution in [0.1, 0.15) is 23.7 Å². The maximum absolute atomic E-state index is 11.7. The number of amides is 1. The van der Waals surface area contributed by atoms with Crippen LogP contribution in [-0.4, -0.2) is 42.0 Å². The fourth-order valence-electron chi connectivity index (χ4n) is 1.32. The van der Waals surface area contributed by atoms with Crippen molar-refractivity contribution in [2.24, 2.45) is 0 Å².